The maximum Gasteiger partial charge on any atom is 0.429 e. The van der Waals surface area contributed by atoms with Gasteiger partial charge in [-0.1, -0.05) is 0 Å². The zero-order valence-corrected chi connectivity index (χ0v) is 8.55. The fraction of sp³-hybridized carbons (Fsp3) is 0.750. The maximum absolute atomic E-state index is 13.2. The molecule has 0 radical (unpaired) electrons. The van der Waals surface area contributed by atoms with E-state index in [1.54, 1.807) is 0 Å². The molecule has 0 aliphatic heterocycles. The Morgan fingerprint density at radius 1 is 0.938 bits per heavy atom. The lowest BCUT2D eigenvalue weighted by Gasteiger charge is -2.34. The van der Waals surface area contributed by atoms with Crippen molar-refractivity contribution in [1.82, 2.24) is 0 Å². The third-order valence-electron chi connectivity index (χ3n) is 1.92. The lowest BCUT2D eigenvalue weighted by molar-refractivity contribution is -0.318. The molecule has 0 saturated heterocycles. The second-order valence-corrected chi connectivity index (χ2v) is 3.33. The molecule has 0 aromatic rings. The summed E-state index contributed by atoms with van der Waals surface area (Å²) in [5.74, 6) is -5.77. The van der Waals surface area contributed by atoms with Crippen molar-refractivity contribution in [2.24, 2.45) is 0 Å². The van der Waals surface area contributed by atoms with E-state index in [0.29, 0.717) is 6.92 Å². The van der Waals surface area contributed by atoms with Gasteiger partial charge in [0.1, 0.15) is 0 Å². The first-order chi connectivity index (χ1) is 6.83. The van der Waals surface area contributed by atoms with E-state index >= 15 is 0 Å². The quantitative estimate of drug-likeness (QED) is 0.544. The molecule has 0 bridgehead atoms. The van der Waals surface area contributed by atoms with E-state index in [9.17, 15) is 30.7 Å². The SMILES string of the molecule is C/C(F)=C(\F)OC(C)(F)C(C)(F)C(F)(F)F. The van der Waals surface area contributed by atoms with Gasteiger partial charge < -0.3 is 4.74 Å². The molecule has 0 saturated carbocycles. The minimum Gasteiger partial charge on any atom is -0.428 e. The van der Waals surface area contributed by atoms with Crippen molar-refractivity contribution in [1.29, 1.82) is 0 Å². The van der Waals surface area contributed by atoms with Gasteiger partial charge in [0, 0.05) is 6.92 Å². The summed E-state index contributed by atoms with van der Waals surface area (Å²) < 4.78 is 90.4. The van der Waals surface area contributed by atoms with Gasteiger partial charge >= 0.3 is 12.2 Å². The molecule has 0 heterocycles. The molecule has 0 aromatic heterocycles. The van der Waals surface area contributed by atoms with E-state index < -0.39 is 29.5 Å². The molecule has 0 amide bonds. The predicted octanol–water partition coefficient (Wildman–Crippen LogP) is 4.11. The van der Waals surface area contributed by atoms with Crippen LogP contribution in [0.15, 0.2) is 11.8 Å². The minimum atomic E-state index is -5.62. The Hall–Kier alpha value is -0.950. The smallest absolute Gasteiger partial charge is 0.428 e. The van der Waals surface area contributed by atoms with Crippen LogP contribution in [0.3, 0.4) is 0 Å². The molecule has 16 heavy (non-hydrogen) atoms. The number of hydrogen-bond donors (Lipinski definition) is 0. The topological polar surface area (TPSA) is 9.23 Å². The summed E-state index contributed by atoms with van der Waals surface area (Å²) in [7, 11) is 0. The van der Waals surface area contributed by atoms with E-state index in [2.05, 4.69) is 4.74 Å². The summed E-state index contributed by atoms with van der Waals surface area (Å²) in [6.07, 6.45) is -5.62. The van der Waals surface area contributed by atoms with Gasteiger partial charge in [-0.25, -0.2) is 8.78 Å². The highest BCUT2D eigenvalue weighted by atomic mass is 19.4. The molecule has 0 spiro atoms. The van der Waals surface area contributed by atoms with Crippen molar-refractivity contribution in [3.8, 4) is 0 Å². The molecule has 96 valence electrons. The fourth-order valence-electron chi connectivity index (χ4n) is 0.588. The largest absolute Gasteiger partial charge is 0.429 e. The number of alkyl halides is 5. The van der Waals surface area contributed by atoms with Crippen molar-refractivity contribution in [3.05, 3.63) is 11.8 Å². The second kappa shape index (κ2) is 4.14. The zero-order valence-electron chi connectivity index (χ0n) is 8.55. The van der Waals surface area contributed by atoms with Gasteiger partial charge in [0.05, 0.1) is 0 Å². The average Bonchev–Trinajstić information content (AvgIpc) is 2.00. The standard InChI is InChI=1S/C8H9F7O/c1-4(9)5(10)16-7(3,12)6(2,11)8(13,14)15/h1-3H3/b5-4-. The first-order valence-corrected chi connectivity index (χ1v) is 3.98. The van der Waals surface area contributed by atoms with Gasteiger partial charge in [0.25, 0.3) is 11.5 Å². The molecule has 1 nitrogen and oxygen atoms in total. The van der Waals surface area contributed by atoms with Gasteiger partial charge in [-0.15, -0.1) is 0 Å². The molecule has 2 atom stereocenters. The highest BCUT2D eigenvalue weighted by molar-refractivity contribution is 4.98. The van der Waals surface area contributed by atoms with Gasteiger partial charge in [-0.2, -0.15) is 22.0 Å². The first kappa shape index (κ1) is 15.0. The summed E-state index contributed by atoms with van der Waals surface area (Å²) in [5.41, 5.74) is -4.48. The monoisotopic (exact) mass is 254 g/mol. The maximum atomic E-state index is 13.2. The lowest BCUT2D eigenvalue weighted by Crippen LogP contribution is -2.55. The zero-order chi connectivity index (χ0) is 13.4. The highest BCUT2D eigenvalue weighted by Crippen LogP contribution is 2.45. The lowest BCUT2D eigenvalue weighted by atomic mass is 9.99. The van der Waals surface area contributed by atoms with Crippen LogP contribution >= 0.6 is 0 Å². The Bertz CT molecular complexity index is 285. The van der Waals surface area contributed by atoms with Crippen molar-refractivity contribution in [3.63, 3.8) is 0 Å². The summed E-state index contributed by atoms with van der Waals surface area (Å²) in [6.45, 7) is 0.325. The van der Waals surface area contributed by atoms with Crippen LogP contribution in [0.5, 0.6) is 0 Å². The molecular formula is C8H9F7O. The highest BCUT2D eigenvalue weighted by Gasteiger charge is 2.66. The number of ether oxygens (including phenoxy) is 1. The fourth-order valence-corrected chi connectivity index (χ4v) is 0.588. The van der Waals surface area contributed by atoms with Crippen molar-refractivity contribution >= 4 is 0 Å². The van der Waals surface area contributed by atoms with Crippen molar-refractivity contribution in [2.75, 3.05) is 0 Å². The number of rotatable bonds is 3. The normalized spacial score (nSPS) is 21.9. The van der Waals surface area contributed by atoms with Crippen LogP contribution in [0.4, 0.5) is 30.7 Å². The van der Waals surface area contributed by atoms with Gasteiger partial charge in [0.2, 0.25) is 0 Å². The number of halogens is 7. The molecule has 0 N–H and O–H groups in total. The van der Waals surface area contributed by atoms with Crippen LogP contribution in [-0.4, -0.2) is 17.7 Å². The van der Waals surface area contributed by atoms with Gasteiger partial charge in [-0.05, 0) is 13.8 Å². The molecule has 8 heteroatoms. The summed E-state index contributed by atoms with van der Waals surface area (Å²) in [4.78, 5) is 0. The summed E-state index contributed by atoms with van der Waals surface area (Å²) in [5, 5.41) is 0. The summed E-state index contributed by atoms with van der Waals surface area (Å²) in [6, 6.07) is -2.24. The summed E-state index contributed by atoms with van der Waals surface area (Å²) >= 11 is 0. The van der Waals surface area contributed by atoms with Crippen LogP contribution in [0.25, 0.3) is 0 Å². The van der Waals surface area contributed by atoms with Crippen LogP contribution in [0.2, 0.25) is 0 Å². The minimum absolute atomic E-state index is 0.0169. The molecule has 0 aliphatic rings. The van der Waals surface area contributed by atoms with E-state index in [0.717, 1.165) is 0 Å². The third kappa shape index (κ3) is 2.79. The van der Waals surface area contributed by atoms with Crippen LogP contribution in [-0.2, 0) is 4.74 Å². The van der Waals surface area contributed by atoms with E-state index in [4.69, 9.17) is 0 Å². The molecule has 2 unspecified atom stereocenters. The van der Waals surface area contributed by atoms with E-state index in [-0.39, 0.29) is 13.8 Å². The van der Waals surface area contributed by atoms with E-state index in [1.807, 2.05) is 0 Å². The van der Waals surface area contributed by atoms with Gasteiger partial charge in [0.15, 0.2) is 5.83 Å². The van der Waals surface area contributed by atoms with Crippen LogP contribution in [0.1, 0.15) is 20.8 Å². The Morgan fingerprint density at radius 2 is 1.31 bits per heavy atom. The Labute approximate surface area is 86.9 Å². The Kier molecular flexibility index (Phi) is 3.89. The van der Waals surface area contributed by atoms with Gasteiger partial charge in [-0.3, -0.25) is 0 Å². The molecular weight excluding hydrogens is 245 g/mol. The van der Waals surface area contributed by atoms with E-state index in [1.165, 1.54) is 0 Å². The average molecular weight is 254 g/mol. The first-order valence-electron chi connectivity index (χ1n) is 3.98. The Morgan fingerprint density at radius 3 is 1.56 bits per heavy atom. The molecule has 0 aromatic carbocycles. The van der Waals surface area contributed by atoms with Crippen molar-refractivity contribution in [2.45, 2.75) is 38.5 Å². The molecule has 0 fully saturated rings. The van der Waals surface area contributed by atoms with Crippen LogP contribution < -0.4 is 0 Å². The third-order valence-corrected chi connectivity index (χ3v) is 1.92. The number of hydrogen-bond acceptors (Lipinski definition) is 1. The second-order valence-electron chi connectivity index (χ2n) is 3.33. The van der Waals surface area contributed by atoms with Crippen molar-refractivity contribution < 1.29 is 35.5 Å². The predicted molar refractivity (Wildman–Crippen MR) is 41.1 cm³/mol. The number of allylic oxidation sites excluding steroid dienone is 1. The molecule has 0 rings (SSSR count). The van der Waals surface area contributed by atoms with Crippen LogP contribution in [0, 0.1) is 0 Å². The Balaban J connectivity index is 5.15. The molecule has 0 aliphatic carbocycles.